The van der Waals surface area contributed by atoms with Crippen molar-refractivity contribution in [3.8, 4) is 0 Å². The maximum Gasteiger partial charge on any atom is 0.417 e. The quantitative estimate of drug-likeness (QED) is 0.121. The largest absolute Gasteiger partial charge is 0.453 e. The highest BCUT2D eigenvalue weighted by Gasteiger charge is 2.16. The van der Waals surface area contributed by atoms with E-state index in [0.717, 1.165) is 62.5 Å². The topological polar surface area (TPSA) is 52.6 Å². The molecule has 0 spiro atoms. The molecule has 0 aromatic rings. The van der Waals surface area contributed by atoms with Crippen LogP contribution in [0.3, 0.4) is 0 Å². The summed E-state index contributed by atoms with van der Waals surface area (Å²) in [6.45, 7) is 17.0. The fraction of sp³-hybridized carbons (Fsp3) is 0.562. The van der Waals surface area contributed by atoms with E-state index in [-0.39, 0.29) is 13.2 Å². The first-order chi connectivity index (χ1) is 17.0. The van der Waals surface area contributed by atoms with Crippen molar-refractivity contribution in [1.82, 2.24) is 0 Å². The zero-order valence-electron chi connectivity index (χ0n) is 24.2. The summed E-state index contributed by atoms with van der Waals surface area (Å²) in [5.41, 5.74) is 7.74. The Morgan fingerprint density at radius 3 is 1.03 bits per heavy atom. The first kappa shape index (κ1) is 33.4. The van der Waals surface area contributed by atoms with Crippen LogP contribution in [0.25, 0.3) is 0 Å². The van der Waals surface area contributed by atoms with Crippen molar-refractivity contribution in [1.29, 1.82) is 0 Å². The lowest BCUT2D eigenvalue weighted by Crippen LogP contribution is -2.20. The molecular weight excluding hydrogens is 448 g/mol. The summed E-state index contributed by atoms with van der Waals surface area (Å²) in [5, 5.41) is 0. The van der Waals surface area contributed by atoms with Crippen LogP contribution in [0, 0.1) is 0 Å². The van der Waals surface area contributed by atoms with Gasteiger partial charge in [0.15, 0.2) is 0 Å². The van der Waals surface area contributed by atoms with Gasteiger partial charge in [-0.2, -0.15) is 0 Å². The lowest BCUT2D eigenvalue weighted by molar-refractivity contribution is -0.166. The van der Waals surface area contributed by atoms with E-state index in [4.69, 9.17) is 9.47 Å². The number of ether oxygens (including phenoxy) is 2. The number of esters is 2. The molecule has 0 aliphatic heterocycles. The van der Waals surface area contributed by atoms with E-state index in [9.17, 15) is 9.59 Å². The number of allylic oxidation sites excluding steroid dienone is 10. The first-order valence-electron chi connectivity index (χ1n) is 13.2. The molecular formula is C32H50O4. The van der Waals surface area contributed by atoms with Crippen molar-refractivity contribution in [3.05, 3.63) is 69.9 Å². The van der Waals surface area contributed by atoms with Gasteiger partial charge >= 0.3 is 11.9 Å². The molecule has 0 aromatic carbocycles. The predicted molar refractivity (Wildman–Crippen MR) is 153 cm³/mol. The minimum Gasteiger partial charge on any atom is -0.453 e. The predicted octanol–water partition coefficient (Wildman–Crippen LogP) is 8.91. The van der Waals surface area contributed by atoms with E-state index >= 15 is 0 Å². The third-order valence-electron chi connectivity index (χ3n) is 5.70. The molecule has 0 aliphatic carbocycles. The van der Waals surface area contributed by atoms with Crippen LogP contribution in [0.5, 0.6) is 0 Å². The number of carbonyl (C=O) groups excluding carboxylic acids is 2. The van der Waals surface area contributed by atoms with Crippen LogP contribution in [0.2, 0.25) is 0 Å². The van der Waals surface area contributed by atoms with Crippen LogP contribution >= 0.6 is 0 Å². The summed E-state index contributed by atoms with van der Waals surface area (Å²) < 4.78 is 10.1. The summed E-state index contributed by atoms with van der Waals surface area (Å²) in [7, 11) is 0. The Balaban J connectivity index is 4.17. The summed E-state index contributed by atoms with van der Waals surface area (Å²) in [5.74, 6) is -1.90. The third-order valence-corrected chi connectivity index (χ3v) is 5.70. The Bertz CT molecular complexity index is 783. The monoisotopic (exact) mass is 498 g/mol. The Labute approximate surface area is 220 Å². The number of hydrogen-bond acceptors (Lipinski definition) is 4. The highest BCUT2D eigenvalue weighted by Crippen LogP contribution is 2.12. The standard InChI is InChI=1S/C32H50O4/c1-25(2)13-9-15-27(5)17-11-19-29(7)21-23-35-31(33)32(34)36-24-22-30(8)20-12-18-28(6)16-10-14-26(3)4/h13-14,17-18,21-22H,9-12,15-16,19-20,23-24H2,1-8H3. The maximum absolute atomic E-state index is 11.9. The molecule has 0 aliphatic rings. The molecule has 0 fully saturated rings. The van der Waals surface area contributed by atoms with Gasteiger partial charge in [0.05, 0.1) is 0 Å². The normalized spacial score (nSPS) is 12.8. The van der Waals surface area contributed by atoms with Gasteiger partial charge in [-0.25, -0.2) is 9.59 Å². The second-order valence-corrected chi connectivity index (χ2v) is 10.1. The van der Waals surface area contributed by atoms with Crippen molar-refractivity contribution in [3.63, 3.8) is 0 Å². The molecule has 4 heteroatoms. The van der Waals surface area contributed by atoms with Crippen LogP contribution in [-0.2, 0) is 19.1 Å². The molecule has 0 amide bonds. The second kappa shape index (κ2) is 20.6. The molecule has 0 atom stereocenters. The highest BCUT2D eigenvalue weighted by atomic mass is 16.6. The fourth-order valence-electron chi connectivity index (χ4n) is 3.31. The summed E-state index contributed by atoms with van der Waals surface area (Å²) >= 11 is 0. The van der Waals surface area contributed by atoms with E-state index in [1.807, 2.05) is 26.0 Å². The van der Waals surface area contributed by atoms with Gasteiger partial charge in [-0.05, 0) is 119 Å². The second-order valence-electron chi connectivity index (χ2n) is 10.1. The van der Waals surface area contributed by atoms with Crippen molar-refractivity contribution >= 4 is 11.9 Å². The van der Waals surface area contributed by atoms with Gasteiger partial charge in [0.25, 0.3) is 0 Å². The molecule has 0 aromatic heterocycles. The van der Waals surface area contributed by atoms with Gasteiger partial charge in [-0.1, -0.05) is 57.7 Å². The van der Waals surface area contributed by atoms with Crippen molar-refractivity contribution in [2.24, 2.45) is 0 Å². The van der Waals surface area contributed by atoms with E-state index in [0.29, 0.717) is 0 Å². The van der Waals surface area contributed by atoms with Crippen LogP contribution in [0.4, 0.5) is 0 Å². The molecule has 0 unspecified atom stereocenters. The van der Waals surface area contributed by atoms with Gasteiger partial charge < -0.3 is 9.47 Å². The molecule has 0 heterocycles. The van der Waals surface area contributed by atoms with Gasteiger partial charge in [0.1, 0.15) is 13.2 Å². The Morgan fingerprint density at radius 2 is 0.722 bits per heavy atom. The van der Waals surface area contributed by atoms with Gasteiger partial charge in [0, 0.05) is 0 Å². The number of carbonyl (C=O) groups is 2. The average molecular weight is 499 g/mol. The third kappa shape index (κ3) is 20.7. The smallest absolute Gasteiger partial charge is 0.417 e. The van der Waals surface area contributed by atoms with Crippen LogP contribution in [0.1, 0.15) is 107 Å². The molecule has 4 nitrogen and oxygen atoms in total. The van der Waals surface area contributed by atoms with Crippen molar-refractivity contribution in [2.45, 2.75) is 107 Å². The summed E-state index contributed by atoms with van der Waals surface area (Å²) in [6.07, 6.45) is 20.8. The van der Waals surface area contributed by atoms with Crippen molar-refractivity contribution in [2.75, 3.05) is 13.2 Å². The average Bonchev–Trinajstić information content (AvgIpc) is 2.78. The van der Waals surface area contributed by atoms with Gasteiger partial charge in [0.2, 0.25) is 0 Å². The van der Waals surface area contributed by atoms with Crippen LogP contribution < -0.4 is 0 Å². The molecule has 0 rings (SSSR count). The molecule has 0 saturated carbocycles. The van der Waals surface area contributed by atoms with Gasteiger partial charge in [-0.15, -0.1) is 0 Å². The number of rotatable bonds is 16. The zero-order valence-corrected chi connectivity index (χ0v) is 24.2. The zero-order chi connectivity index (χ0) is 27.3. The lowest BCUT2D eigenvalue weighted by atomic mass is 10.1. The van der Waals surface area contributed by atoms with E-state index in [2.05, 4.69) is 65.8 Å². The minimum atomic E-state index is -0.949. The van der Waals surface area contributed by atoms with Crippen molar-refractivity contribution < 1.29 is 19.1 Å². The molecule has 0 N–H and O–H groups in total. The van der Waals surface area contributed by atoms with Crippen LogP contribution in [0.15, 0.2) is 69.9 Å². The molecule has 0 radical (unpaired) electrons. The van der Waals surface area contributed by atoms with E-state index in [1.165, 1.54) is 22.3 Å². The molecule has 0 bridgehead atoms. The van der Waals surface area contributed by atoms with E-state index in [1.54, 1.807) is 0 Å². The summed E-state index contributed by atoms with van der Waals surface area (Å²) in [4.78, 5) is 23.7. The fourth-order valence-corrected chi connectivity index (χ4v) is 3.31. The highest BCUT2D eigenvalue weighted by molar-refractivity contribution is 6.29. The molecule has 202 valence electrons. The first-order valence-corrected chi connectivity index (χ1v) is 13.2. The maximum atomic E-state index is 11.9. The Morgan fingerprint density at radius 1 is 0.444 bits per heavy atom. The SMILES string of the molecule is CC(C)=CCCC(C)=CCCC(C)=CCOC(=O)C(=O)OCC=C(C)CCC=C(C)CCC=C(C)C. The molecule has 36 heavy (non-hydrogen) atoms. The van der Waals surface area contributed by atoms with Gasteiger partial charge in [-0.3, -0.25) is 0 Å². The van der Waals surface area contributed by atoms with E-state index < -0.39 is 11.9 Å². The molecule has 0 saturated heterocycles. The number of hydrogen-bond donors (Lipinski definition) is 0. The lowest BCUT2D eigenvalue weighted by Gasteiger charge is -2.05. The van der Waals surface area contributed by atoms with Crippen LogP contribution in [-0.4, -0.2) is 25.2 Å². The minimum absolute atomic E-state index is 0.0806. The Kier molecular flexibility index (Phi) is 19.1. The Hall–Kier alpha value is -2.62. The summed E-state index contributed by atoms with van der Waals surface area (Å²) in [6, 6.07) is 0.